The molecule has 10 nitrogen and oxygen atoms in total. The van der Waals surface area contributed by atoms with Crippen LogP contribution in [0.2, 0.25) is 0 Å². The highest BCUT2D eigenvalue weighted by Gasteiger charge is 2.31. The molecule has 0 aliphatic carbocycles. The van der Waals surface area contributed by atoms with Crippen molar-refractivity contribution in [2.45, 2.75) is 39.4 Å². The number of benzene rings is 2. The molecule has 0 spiro atoms. The van der Waals surface area contributed by atoms with Gasteiger partial charge in [0.05, 0.1) is 33.3 Å². The highest BCUT2D eigenvalue weighted by Crippen LogP contribution is 2.33. The molecule has 0 saturated heterocycles. The average molecular weight is 522 g/mol. The van der Waals surface area contributed by atoms with E-state index in [4.69, 9.17) is 14.2 Å². The van der Waals surface area contributed by atoms with Crippen LogP contribution in [0.1, 0.15) is 26.3 Å². The standard InChI is InChI=1S/C25H35N3O7S/c1-17(2)26-25(30)18(3)27(15-19-9-8-10-20(13-19)33-4)24(29)16-28(36(7,31)32)22-12-11-21(34-5)14-23(22)35-6/h8-14,17-18H,15-16H2,1-7H3,(H,26,30)/t18-/m0/s1. The van der Waals surface area contributed by atoms with Crippen molar-refractivity contribution in [3.63, 3.8) is 0 Å². The Morgan fingerprint density at radius 2 is 1.58 bits per heavy atom. The molecule has 2 amide bonds. The van der Waals surface area contributed by atoms with E-state index in [-0.39, 0.29) is 29.9 Å². The largest absolute Gasteiger partial charge is 0.497 e. The number of amides is 2. The fourth-order valence-electron chi connectivity index (χ4n) is 3.54. The lowest BCUT2D eigenvalue weighted by molar-refractivity contribution is -0.139. The summed E-state index contributed by atoms with van der Waals surface area (Å²) in [7, 11) is 0.507. The summed E-state index contributed by atoms with van der Waals surface area (Å²) in [4.78, 5) is 27.8. The maximum absolute atomic E-state index is 13.6. The summed E-state index contributed by atoms with van der Waals surface area (Å²) in [5.41, 5.74) is 0.898. The summed E-state index contributed by atoms with van der Waals surface area (Å²) in [6, 6.07) is 10.7. The van der Waals surface area contributed by atoms with Gasteiger partial charge in [0.2, 0.25) is 21.8 Å². The Kier molecular flexibility index (Phi) is 9.97. The maximum atomic E-state index is 13.6. The van der Waals surface area contributed by atoms with Gasteiger partial charge in [-0.05, 0) is 50.6 Å². The number of hydrogen-bond donors (Lipinski definition) is 1. The molecule has 0 fully saturated rings. The Balaban J connectivity index is 2.47. The fraction of sp³-hybridized carbons (Fsp3) is 0.440. The second kappa shape index (κ2) is 12.5. The first kappa shape index (κ1) is 28.8. The summed E-state index contributed by atoms with van der Waals surface area (Å²) >= 11 is 0. The van der Waals surface area contributed by atoms with Crippen LogP contribution in [0.4, 0.5) is 5.69 Å². The lowest BCUT2D eigenvalue weighted by Gasteiger charge is -2.32. The molecule has 2 aromatic carbocycles. The van der Waals surface area contributed by atoms with E-state index >= 15 is 0 Å². The van der Waals surface area contributed by atoms with Crippen LogP contribution in [0.25, 0.3) is 0 Å². The molecule has 0 unspecified atom stereocenters. The predicted octanol–water partition coefficient (Wildman–Crippen LogP) is 2.42. The van der Waals surface area contributed by atoms with Crippen molar-refractivity contribution in [3.8, 4) is 17.2 Å². The third-order valence-corrected chi connectivity index (χ3v) is 6.55. The molecule has 0 aliphatic rings. The first-order valence-electron chi connectivity index (χ1n) is 11.3. The Hall–Kier alpha value is -3.47. The summed E-state index contributed by atoms with van der Waals surface area (Å²) in [5, 5.41) is 2.81. The molecule has 11 heteroatoms. The van der Waals surface area contributed by atoms with E-state index in [2.05, 4.69) is 5.32 Å². The van der Waals surface area contributed by atoms with Crippen molar-refractivity contribution >= 4 is 27.5 Å². The Bertz CT molecular complexity index is 1170. The van der Waals surface area contributed by atoms with Gasteiger partial charge in [-0.15, -0.1) is 0 Å². The van der Waals surface area contributed by atoms with Crippen molar-refractivity contribution in [2.24, 2.45) is 0 Å². The molecule has 2 aromatic rings. The lowest BCUT2D eigenvalue weighted by Crippen LogP contribution is -2.52. The molecule has 36 heavy (non-hydrogen) atoms. The van der Waals surface area contributed by atoms with Gasteiger partial charge in [0.15, 0.2) is 0 Å². The van der Waals surface area contributed by atoms with Gasteiger partial charge < -0.3 is 24.4 Å². The fourth-order valence-corrected chi connectivity index (χ4v) is 4.39. The minimum absolute atomic E-state index is 0.0695. The number of hydrogen-bond acceptors (Lipinski definition) is 7. The topological polar surface area (TPSA) is 114 Å². The predicted molar refractivity (Wildman–Crippen MR) is 138 cm³/mol. The number of ether oxygens (including phenoxy) is 3. The van der Waals surface area contributed by atoms with E-state index in [9.17, 15) is 18.0 Å². The van der Waals surface area contributed by atoms with Gasteiger partial charge in [0.25, 0.3) is 0 Å². The zero-order valence-electron chi connectivity index (χ0n) is 21.8. The Morgan fingerprint density at radius 3 is 2.14 bits per heavy atom. The van der Waals surface area contributed by atoms with Gasteiger partial charge >= 0.3 is 0 Å². The number of carbonyl (C=O) groups is 2. The number of rotatable bonds is 12. The van der Waals surface area contributed by atoms with Crippen LogP contribution >= 0.6 is 0 Å². The zero-order chi connectivity index (χ0) is 27.0. The average Bonchev–Trinajstić information content (AvgIpc) is 2.83. The van der Waals surface area contributed by atoms with Gasteiger partial charge in [-0.25, -0.2) is 8.42 Å². The van der Waals surface area contributed by atoms with Gasteiger partial charge in [-0.2, -0.15) is 0 Å². The van der Waals surface area contributed by atoms with Crippen LogP contribution in [0, 0.1) is 0 Å². The first-order chi connectivity index (χ1) is 16.9. The third kappa shape index (κ3) is 7.51. The Labute approximate surface area is 213 Å². The molecular weight excluding hydrogens is 486 g/mol. The van der Waals surface area contributed by atoms with E-state index in [1.54, 1.807) is 37.3 Å². The quantitative estimate of drug-likeness (QED) is 0.456. The van der Waals surface area contributed by atoms with Crippen LogP contribution in [0.3, 0.4) is 0 Å². The lowest BCUT2D eigenvalue weighted by atomic mass is 10.1. The van der Waals surface area contributed by atoms with Gasteiger partial charge in [0, 0.05) is 18.7 Å². The zero-order valence-corrected chi connectivity index (χ0v) is 22.6. The smallest absolute Gasteiger partial charge is 0.244 e. The molecule has 1 N–H and O–H groups in total. The summed E-state index contributed by atoms with van der Waals surface area (Å²) in [5.74, 6) is 0.369. The molecule has 0 aliphatic heterocycles. The minimum atomic E-state index is -3.90. The third-order valence-electron chi connectivity index (χ3n) is 5.42. The molecule has 1 atom stereocenters. The number of carbonyl (C=O) groups excluding carboxylic acids is 2. The van der Waals surface area contributed by atoms with Gasteiger partial charge in [0.1, 0.15) is 29.8 Å². The normalized spacial score (nSPS) is 12.0. The first-order valence-corrected chi connectivity index (χ1v) is 13.2. The van der Waals surface area contributed by atoms with E-state index < -0.39 is 28.5 Å². The molecule has 0 bridgehead atoms. The summed E-state index contributed by atoms with van der Waals surface area (Å²) in [6.45, 7) is 4.78. The van der Waals surface area contributed by atoms with E-state index in [0.717, 1.165) is 16.1 Å². The summed E-state index contributed by atoms with van der Waals surface area (Å²) in [6.07, 6.45) is 1.01. The molecular formula is C25H35N3O7S. The van der Waals surface area contributed by atoms with Crippen LogP contribution in [0.5, 0.6) is 17.2 Å². The van der Waals surface area contributed by atoms with Crippen LogP contribution in [0.15, 0.2) is 42.5 Å². The SMILES string of the molecule is COc1cccc(CN(C(=O)CN(c2ccc(OC)cc2OC)S(C)(=O)=O)[C@@H](C)C(=O)NC(C)C)c1. The van der Waals surface area contributed by atoms with E-state index in [1.807, 2.05) is 13.8 Å². The Morgan fingerprint density at radius 1 is 0.944 bits per heavy atom. The number of sulfonamides is 1. The van der Waals surface area contributed by atoms with Crippen molar-refractivity contribution in [3.05, 3.63) is 48.0 Å². The highest BCUT2D eigenvalue weighted by atomic mass is 32.2. The van der Waals surface area contributed by atoms with E-state index in [1.165, 1.54) is 38.4 Å². The van der Waals surface area contributed by atoms with Crippen LogP contribution in [-0.4, -0.2) is 71.3 Å². The molecule has 2 rings (SSSR count). The second-order valence-corrected chi connectivity index (χ2v) is 10.4. The molecule has 198 valence electrons. The van der Waals surface area contributed by atoms with Crippen molar-refractivity contribution < 1.29 is 32.2 Å². The summed E-state index contributed by atoms with van der Waals surface area (Å²) < 4.78 is 42.3. The highest BCUT2D eigenvalue weighted by molar-refractivity contribution is 7.92. The molecule has 0 aromatic heterocycles. The minimum Gasteiger partial charge on any atom is -0.497 e. The number of anilines is 1. The van der Waals surface area contributed by atoms with Crippen molar-refractivity contribution in [1.29, 1.82) is 0 Å². The molecule has 0 heterocycles. The second-order valence-electron chi connectivity index (χ2n) is 8.52. The van der Waals surface area contributed by atoms with Crippen molar-refractivity contribution in [2.75, 3.05) is 38.4 Å². The van der Waals surface area contributed by atoms with Crippen LogP contribution < -0.4 is 23.8 Å². The van der Waals surface area contributed by atoms with Gasteiger partial charge in [-0.1, -0.05) is 12.1 Å². The van der Waals surface area contributed by atoms with Crippen LogP contribution in [-0.2, 0) is 26.2 Å². The van der Waals surface area contributed by atoms with Crippen molar-refractivity contribution in [1.82, 2.24) is 10.2 Å². The number of nitrogens with zero attached hydrogens (tertiary/aromatic N) is 2. The monoisotopic (exact) mass is 521 g/mol. The number of nitrogens with one attached hydrogen (secondary N) is 1. The number of methoxy groups -OCH3 is 3. The maximum Gasteiger partial charge on any atom is 0.244 e. The van der Waals surface area contributed by atoms with Gasteiger partial charge in [-0.3, -0.25) is 13.9 Å². The molecule has 0 saturated carbocycles. The molecule has 0 radical (unpaired) electrons. The van der Waals surface area contributed by atoms with E-state index in [0.29, 0.717) is 11.5 Å².